The molecule has 90 valence electrons. The molecular weight excluding hydrogens is 266 g/mol. The van der Waals surface area contributed by atoms with Crippen LogP contribution in [0.1, 0.15) is 0 Å². The summed E-state index contributed by atoms with van der Waals surface area (Å²) in [4.78, 5) is 23.6. The fourth-order valence-corrected chi connectivity index (χ4v) is 3.56. The molecule has 0 aliphatic carbocycles. The van der Waals surface area contributed by atoms with E-state index in [2.05, 4.69) is 5.32 Å². The van der Waals surface area contributed by atoms with E-state index in [0.29, 0.717) is 0 Å². The number of thioether (sulfide) groups is 2. The van der Waals surface area contributed by atoms with Crippen LogP contribution >= 0.6 is 23.5 Å². The molecule has 5 heteroatoms. The lowest BCUT2D eigenvalue weighted by molar-refractivity contribution is -0.110. The van der Waals surface area contributed by atoms with Gasteiger partial charge in [-0.2, -0.15) is 0 Å². The number of fused-ring (bicyclic) bond motifs is 1. The van der Waals surface area contributed by atoms with Gasteiger partial charge in [-0.05, 0) is 22.9 Å². The summed E-state index contributed by atoms with van der Waals surface area (Å²) in [5.74, 6) is 0. The second-order valence-electron chi connectivity index (χ2n) is 3.86. The van der Waals surface area contributed by atoms with E-state index < -0.39 is 5.37 Å². The fourth-order valence-electron chi connectivity index (χ4n) is 1.79. The van der Waals surface area contributed by atoms with Crippen LogP contribution in [-0.4, -0.2) is 15.7 Å². The van der Waals surface area contributed by atoms with Crippen LogP contribution in [0, 0.1) is 0 Å². The zero-order chi connectivity index (χ0) is 12.5. The van der Waals surface area contributed by atoms with Gasteiger partial charge in [0, 0.05) is 16.7 Å². The van der Waals surface area contributed by atoms with Gasteiger partial charge in [-0.3, -0.25) is 9.59 Å². The second kappa shape index (κ2) is 4.66. The molecule has 3 rings (SSSR count). The SMILES string of the molecule is O=C1NC(Sc2ccc3ccccc3c2)C(=O)S1. The van der Waals surface area contributed by atoms with Gasteiger partial charge in [0.05, 0.1) is 0 Å². The Morgan fingerprint density at radius 2 is 1.83 bits per heavy atom. The van der Waals surface area contributed by atoms with Gasteiger partial charge in [-0.25, -0.2) is 0 Å². The smallest absolute Gasteiger partial charge is 0.288 e. The van der Waals surface area contributed by atoms with E-state index in [4.69, 9.17) is 0 Å². The number of hydrogen-bond acceptors (Lipinski definition) is 4. The lowest BCUT2D eigenvalue weighted by Gasteiger charge is -2.08. The van der Waals surface area contributed by atoms with Crippen LogP contribution in [0.15, 0.2) is 47.4 Å². The summed E-state index contributed by atoms with van der Waals surface area (Å²) < 4.78 is 0. The molecule has 1 unspecified atom stereocenters. The summed E-state index contributed by atoms with van der Waals surface area (Å²) in [7, 11) is 0. The minimum absolute atomic E-state index is 0.127. The van der Waals surface area contributed by atoms with E-state index in [9.17, 15) is 9.59 Å². The molecule has 0 aromatic heterocycles. The number of nitrogens with one attached hydrogen (secondary N) is 1. The number of carbonyl (C=O) groups excluding carboxylic acids is 2. The molecular formula is C13H9NO2S2. The molecule has 18 heavy (non-hydrogen) atoms. The number of hydrogen-bond donors (Lipinski definition) is 1. The highest BCUT2D eigenvalue weighted by atomic mass is 32.2. The molecule has 3 nitrogen and oxygen atoms in total. The molecule has 1 N–H and O–H groups in total. The Kier molecular flexibility index (Phi) is 3.01. The van der Waals surface area contributed by atoms with Crippen molar-refractivity contribution in [2.24, 2.45) is 0 Å². The maximum absolute atomic E-state index is 11.5. The number of amides is 1. The molecule has 1 aliphatic heterocycles. The number of benzene rings is 2. The predicted octanol–water partition coefficient (Wildman–Crippen LogP) is 3.24. The Labute approximate surface area is 112 Å². The summed E-state index contributed by atoms with van der Waals surface area (Å²) in [6.07, 6.45) is 0. The van der Waals surface area contributed by atoms with Crippen molar-refractivity contribution < 1.29 is 9.59 Å². The lowest BCUT2D eigenvalue weighted by Crippen LogP contribution is -2.24. The molecule has 1 heterocycles. The van der Waals surface area contributed by atoms with Crippen LogP contribution in [0.2, 0.25) is 0 Å². The van der Waals surface area contributed by atoms with E-state index in [1.807, 2.05) is 42.5 Å². The Hall–Kier alpha value is -1.46. The highest BCUT2D eigenvalue weighted by Gasteiger charge is 2.31. The molecule has 1 atom stereocenters. The van der Waals surface area contributed by atoms with E-state index >= 15 is 0 Å². The second-order valence-corrected chi connectivity index (χ2v) is 6.02. The van der Waals surface area contributed by atoms with Gasteiger partial charge in [0.1, 0.15) is 0 Å². The van der Waals surface area contributed by atoms with Gasteiger partial charge in [0.2, 0.25) is 5.12 Å². The van der Waals surface area contributed by atoms with Gasteiger partial charge in [0.25, 0.3) is 5.24 Å². The first-order chi connectivity index (χ1) is 8.72. The predicted molar refractivity (Wildman–Crippen MR) is 74.7 cm³/mol. The maximum Gasteiger partial charge on any atom is 0.288 e. The number of rotatable bonds is 2. The molecule has 1 fully saturated rings. The molecule has 0 saturated carbocycles. The van der Waals surface area contributed by atoms with Gasteiger partial charge >= 0.3 is 0 Å². The highest BCUT2D eigenvalue weighted by Crippen LogP contribution is 2.31. The summed E-state index contributed by atoms with van der Waals surface area (Å²) in [5.41, 5.74) is 0. The molecule has 2 aromatic carbocycles. The first kappa shape index (κ1) is 11.6. The molecule has 1 amide bonds. The maximum atomic E-state index is 11.5. The van der Waals surface area contributed by atoms with E-state index in [0.717, 1.165) is 27.4 Å². The van der Waals surface area contributed by atoms with E-state index in [-0.39, 0.29) is 10.4 Å². The van der Waals surface area contributed by atoms with Gasteiger partial charge in [-0.1, -0.05) is 42.1 Å². The zero-order valence-corrected chi connectivity index (χ0v) is 10.9. The van der Waals surface area contributed by atoms with Crippen LogP contribution in [0.4, 0.5) is 4.79 Å². The van der Waals surface area contributed by atoms with Crippen molar-refractivity contribution >= 4 is 44.7 Å². The molecule has 1 saturated heterocycles. The molecule has 2 aromatic rings. The largest absolute Gasteiger partial charge is 0.327 e. The summed E-state index contributed by atoms with van der Waals surface area (Å²) in [6, 6.07) is 14.1. The Bertz CT molecular complexity index is 642. The van der Waals surface area contributed by atoms with Crippen molar-refractivity contribution in [3.05, 3.63) is 42.5 Å². The van der Waals surface area contributed by atoms with Crippen LogP contribution in [0.3, 0.4) is 0 Å². The first-order valence-electron chi connectivity index (χ1n) is 5.40. The van der Waals surface area contributed by atoms with Crippen LogP contribution in [0.25, 0.3) is 10.8 Å². The quantitative estimate of drug-likeness (QED) is 0.914. The summed E-state index contributed by atoms with van der Waals surface area (Å²) in [6.45, 7) is 0. The Morgan fingerprint density at radius 1 is 1.06 bits per heavy atom. The Balaban J connectivity index is 1.87. The average Bonchev–Trinajstić information content (AvgIpc) is 2.68. The molecule has 0 spiro atoms. The summed E-state index contributed by atoms with van der Waals surface area (Å²) in [5, 5.41) is 4.07. The van der Waals surface area contributed by atoms with Crippen molar-refractivity contribution in [3.63, 3.8) is 0 Å². The molecule has 0 radical (unpaired) electrons. The van der Waals surface area contributed by atoms with Crippen LogP contribution in [0.5, 0.6) is 0 Å². The normalized spacial score (nSPS) is 19.2. The van der Waals surface area contributed by atoms with Gasteiger partial charge < -0.3 is 5.32 Å². The fraction of sp³-hybridized carbons (Fsp3) is 0.0769. The first-order valence-corrected chi connectivity index (χ1v) is 7.10. The minimum Gasteiger partial charge on any atom is -0.327 e. The van der Waals surface area contributed by atoms with E-state index in [1.54, 1.807) is 0 Å². The average molecular weight is 275 g/mol. The van der Waals surface area contributed by atoms with E-state index in [1.165, 1.54) is 11.8 Å². The zero-order valence-electron chi connectivity index (χ0n) is 9.25. The van der Waals surface area contributed by atoms with Crippen molar-refractivity contribution in [1.82, 2.24) is 5.32 Å². The third kappa shape index (κ3) is 2.23. The summed E-state index contributed by atoms with van der Waals surface area (Å²) >= 11 is 2.12. The number of carbonyl (C=O) groups is 2. The molecule has 0 bridgehead atoms. The lowest BCUT2D eigenvalue weighted by atomic mass is 10.1. The van der Waals surface area contributed by atoms with Crippen LogP contribution in [-0.2, 0) is 4.79 Å². The highest BCUT2D eigenvalue weighted by molar-refractivity contribution is 8.28. The van der Waals surface area contributed by atoms with Gasteiger partial charge in [0.15, 0.2) is 5.37 Å². The van der Waals surface area contributed by atoms with Crippen molar-refractivity contribution in [3.8, 4) is 0 Å². The van der Waals surface area contributed by atoms with Crippen molar-refractivity contribution in [2.75, 3.05) is 0 Å². The third-order valence-electron chi connectivity index (χ3n) is 2.63. The molecule has 1 aliphatic rings. The third-order valence-corrected chi connectivity index (χ3v) is 4.61. The monoisotopic (exact) mass is 275 g/mol. The van der Waals surface area contributed by atoms with Crippen LogP contribution < -0.4 is 5.32 Å². The van der Waals surface area contributed by atoms with Crippen molar-refractivity contribution in [1.29, 1.82) is 0 Å². The van der Waals surface area contributed by atoms with Gasteiger partial charge in [-0.15, -0.1) is 0 Å². The topological polar surface area (TPSA) is 46.2 Å². The Morgan fingerprint density at radius 3 is 2.56 bits per heavy atom. The minimum atomic E-state index is -0.469. The standard InChI is InChI=1S/C13H9NO2S2/c15-12-11(14-13(16)18-12)17-10-6-5-8-3-1-2-4-9(8)7-10/h1-7,11H,(H,14,16). The van der Waals surface area contributed by atoms with Crippen molar-refractivity contribution in [2.45, 2.75) is 10.3 Å².